The van der Waals surface area contributed by atoms with Crippen molar-refractivity contribution in [3.63, 3.8) is 0 Å². The number of hydrogen-bond donors (Lipinski definition) is 1. The molecule has 0 bridgehead atoms. The minimum Gasteiger partial charge on any atom is -0.385 e. The largest absolute Gasteiger partial charge is 0.385 e. The highest BCUT2D eigenvalue weighted by molar-refractivity contribution is 9.09. The number of aliphatic hydroxyl groups is 1. The molecule has 0 saturated heterocycles. The molecule has 3 heteroatoms. The summed E-state index contributed by atoms with van der Waals surface area (Å²) >= 11 is 3.47. The fourth-order valence-electron chi connectivity index (χ4n) is 1.43. The van der Waals surface area contributed by atoms with Crippen molar-refractivity contribution in [2.24, 2.45) is 0 Å². The van der Waals surface area contributed by atoms with Crippen molar-refractivity contribution in [2.45, 2.75) is 17.4 Å². The number of aromatic nitrogens is 1. The first-order chi connectivity index (χ1) is 6.11. The molecule has 0 aliphatic heterocycles. The zero-order chi connectivity index (χ0) is 9.47. The van der Waals surface area contributed by atoms with Crippen LogP contribution in [0.25, 0.3) is 6.08 Å². The lowest BCUT2D eigenvalue weighted by Gasteiger charge is -2.29. The highest BCUT2D eigenvalue weighted by atomic mass is 79.9. The number of fused-ring (bicyclic) bond motifs is 1. The highest BCUT2D eigenvalue weighted by Crippen LogP contribution is 2.40. The Morgan fingerprint density at radius 2 is 2.38 bits per heavy atom. The van der Waals surface area contributed by atoms with Gasteiger partial charge in [-0.25, -0.2) is 0 Å². The van der Waals surface area contributed by atoms with Gasteiger partial charge in [-0.05, 0) is 30.7 Å². The molecule has 0 fully saturated rings. The van der Waals surface area contributed by atoms with E-state index in [2.05, 4.69) is 20.9 Å². The van der Waals surface area contributed by atoms with Crippen LogP contribution in [0.4, 0.5) is 0 Å². The van der Waals surface area contributed by atoms with Gasteiger partial charge in [-0.3, -0.25) is 4.98 Å². The summed E-state index contributed by atoms with van der Waals surface area (Å²) in [7, 11) is 0. The van der Waals surface area contributed by atoms with E-state index in [0.717, 1.165) is 11.3 Å². The number of pyridine rings is 1. The van der Waals surface area contributed by atoms with E-state index in [4.69, 9.17) is 0 Å². The van der Waals surface area contributed by atoms with Gasteiger partial charge < -0.3 is 5.11 Å². The topological polar surface area (TPSA) is 33.1 Å². The van der Waals surface area contributed by atoms with Crippen molar-refractivity contribution >= 4 is 22.0 Å². The molecule has 1 N–H and O–H groups in total. The van der Waals surface area contributed by atoms with Crippen LogP contribution in [0.3, 0.4) is 0 Å². The lowest BCUT2D eigenvalue weighted by atomic mass is 9.90. The summed E-state index contributed by atoms with van der Waals surface area (Å²) in [4.78, 5) is 4.13. The van der Waals surface area contributed by atoms with E-state index in [1.54, 1.807) is 19.2 Å². The van der Waals surface area contributed by atoms with Crippen molar-refractivity contribution in [1.29, 1.82) is 0 Å². The van der Waals surface area contributed by atoms with Crippen molar-refractivity contribution in [1.82, 2.24) is 4.98 Å². The smallest absolute Gasteiger partial charge is 0.0969 e. The maximum absolute atomic E-state index is 9.93. The molecule has 2 rings (SSSR count). The van der Waals surface area contributed by atoms with Gasteiger partial charge in [0, 0.05) is 6.20 Å². The molecule has 1 heterocycles. The van der Waals surface area contributed by atoms with E-state index < -0.39 is 5.60 Å². The number of alkyl halides is 1. The van der Waals surface area contributed by atoms with Gasteiger partial charge in [0.1, 0.15) is 0 Å². The van der Waals surface area contributed by atoms with Gasteiger partial charge in [0.2, 0.25) is 0 Å². The van der Waals surface area contributed by atoms with Crippen molar-refractivity contribution in [2.75, 3.05) is 0 Å². The van der Waals surface area contributed by atoms with Crippen molar-refractivity contribution in [3.8, 4) is 0 Å². The summed E-state index contributed by atoms with van der Waals surface area (Å²) in [5, 5.41) is 9.93. The molecular weight excluding hydrogens is 230 g/mol. The predicted octanol–water partition coefficient (Wildman–Crippen LogP) is 2.30. The summed E-state index contributed by atoms with van der Waals surface area (Å²) in [6, 6.07) is 3.85. The number of nitrogens with zero attached hydrogens (tertiary/aromatic N) is 1. The van der Waals surface area contributed by atoms with Crippen LogP contribution >= 0.6 is 15.9 Å². The van der Waals surface area contributed by atoms with Gasteiger partial charge in [-0.15, -0.1) is 0 Å². The third kappa shape index (κ3) is 1.42. The Hall–Kier alpha value is -0.670. The molecule has 13 heavy (non-hydrogen) atoms. The zero-order valence-electron chi connectivity index (χ0n) is 7.24. The SMILES string of the molecule is CC1(O)C=Cc2ncccc2C1Br. The molecule has 1 aliphatic carbocycles. The first-order valence-corrected chi connectivity index (χ1v) is 5.03. The predicted molar refractivity (Wildman–Crippen MR) is 55.6 cm³/mol. The number of rotatable bonds is 0. The number of hydrogen-bond acceptors (Lipinski definition) is 2. The summed E-state index contributed by atoms with van der Waals surface area (Å²) < 4.78 is 0. The minimum atomic E-state index is -0.823. The number of halogens is 1. The highest BCUT2D eigenvalue weighted by Gasteiger charge is 2.32. The average molecular weight is 240 g/mol. The Labute approximate surface area is 85.4 Å². The van der Waals surface area contributed by atoms with Gasteiger partial charge in [0.15, 0.2) is 0 Å². The van der Waals surface area contributed by atoms with E-state index >= 15 is 0 Å². The molecule has 2 unspecified atom stereocenters. The Kier molecular flexibility index (Phi) is 2.00. The minimum absolute atomic E-state index is 0.0753. The molecule has 0 aromatic carbocycles. The van der Waals surface area contributed by atoms with Crippen molar-refractivity contribution in [3.05, 3.63) is 35.7 Å². The van der Waals surface area contributed by atoms with Gasteiger partial charge in [-0.1, -0.05) is 22.0 Å². The van der Waals surface area contributed by atoms with Gasteiger partial charge >= 0.3 is 0 Å². The van der Waals surface area contributed by atoms with Crippen LogP contribution in [-0.2, 0) is 0 Å². The van der Waals surface area contributed by atoms with E-state index in [1.807, 2.05) is 18.2 Å². The summed E-state index contributed by atoms with van der Waals surface area (Å²) in [5.74, 6) is 0. The molecule has 68 valence electrons. The first-order valence-electron chi connectivity index (χ1n) is 4.12. The maximum atomic E-state index is 9.93. The van der Waals surface area contributed by atoms with Gasteiger partial charge in [0.05, 0.1) is 16.1 Å². The molecule has 1 aromatic rings. The standard InChI is InChI=1S/C10H10BrNO/c1-10(13)5-4-8-7(9(10)11)3-2-6-12-8/h2-6,9,13H,1H3. The molecule has 2 atom stereocenters. The fraction of sp³-hybridized carbons (Fsp3) is 0.300. The molecule has 0 radical (unpaired) electrons. The molecule has 1 aromatic heterocycles. The molecule has 2 nitrogen and oxygen atoms in total. The van der Waals surface area contributed by atoms with Crippen LogP contribution in [0.2, 0.25) is 0 Å². The Bertz CT molecular complexity index is 360. The third-order valence-corrected chi connectivity index (χ3v) is 3.66. The van der Waals surface area contributed by atoms with E-state index in [9.17, 15) is 5.11 Å². The monoisotopic (exact) mass is 239 g/mol. The van der Waals surface area contributed by atoms with Crippen LogP contribution in [-0.4, -0.2) is 15.7 Å². The second kappa shape index (κ2) is 2.93. The molecule has 0 amide bonds. The van der Waals surface area contributed by atoms with Gasteiger partial charge in [-0.2, -0.15) is 0 Å². The second-order valence-corrected chi connectivity index (χ2v) is 4.32. The fourth-order valence-corrected chi connectivity index (χ4v) is 1.97. The van der Waals surface area contributed by atoms with E-state index in [-0.39, 0.29) is 4.83 Å². The molecule has 1 aliphatic rings. The van der Waals surface area contributed by atoms with E-state index in [0.29, 0.717) is 0 Å². The second-order valence-electron chi connectivity index (χ2n) is 3.40. The third-order valence-electron chi connectivity index (χ3n) is 2.24. The Balaban J connectivity index is 2.55. The van der Waals surface area contributed by atoms with E-state index in [1.165, 1.54) is 0 Å². The normalized spacial score (nSPS) is 31.5. The van der Waals surface area contributed by atoms with Crippen LogP contribution < -0.4 is 0 Å². The van der Waals surface area contributed by atoms with Crippen LogP contribution in [0.15, 0.2) is 24.4 Å². The van der Waals surface area contributed by atoms with Gasteiger partial charge in [0.25, 0.3) is 0 Å². The lowest BCUT2D eigenvalue weighted by molar-refractivity contribution is 0.110. The Morgan fingerprint density at radius 1 is 1.62 bits per heavy atom. The first kappa shape index (κ1) is 8.91. The molecule has 0 saturated carbocycles. The van der Waals surface area contributed by atoms with Crippen molar-refractivity contribution < 1.29 is 5.11 Å². The quantitative estimate of drug-likeness (QED) is 0.706. The zero-order valence-corrected chi connectivity index (χ0v) is 8.82. The molecular formula is C10H10BrNO. The summed E-state index contributed by atoms with van der Waals surface area (Å²) in [5.41, 5.74) is 1.14. The van der Waals surface area contributed by atoms with Crippen LogP contribution in [0, 0.1) is 0 Å². The average Bonchev–Trinajstić information content (AvgIpc) is 2.13. The van der Waals surface area contributed by atoms with Crippen LogP contribution in [0.1, 0.15) is 23.0 Å². The Morgan fingerprint density at radius 3 is 3.15 bits per heavy atom. The maximum Gasteiger partial charge on any atom is 0.0969 e. The lowest BCUT2D eigenvalue weighted by Crippen LogP contribution is -2.29. The summed E-state index contributed by atoms with van der Waals surface area (Å²) in [6.07, 6.45) is 5.37. The molecule has 0 spiro atoms. The summed E-state index contributed by atoms with van der Waals surface area (Å²) in [6.45, 7) is 1.78. The van der Waals surface area contributed by atoms with Crippen LogP contribution in [0.5, 0.6) is 0 Å².